The highest BCUT2D eigenvalue weighted by atomic mass is 35.5. The fourth-order valence-electron chi connectivity index (χ4n) is 2.10. The molecule has 0 aromatic heterocycles. The number of nitriles is 1. The maximum absolute atomic E-state index is 9.37. The first kappa shape index (κ1) is 16.5. The van der Waals surface area contributed by atoms with E-state index in [1.807, 2.05) is 6.07 Å². The highest BCUT2D eigenvalue weighted by Crippen LogP contribution is 2.31. The standard InChI is InChI=1S/C16H11Cl4N/c17-12-4-3-10(15(19)7-12)1-2-11(9-21)14-6-5-13(18)8-16(14)20/h3-8,11H,1-2H2/t11-/m1/s1. The van der Waals surface area contributed by atoms with Gasteiger partial charge in [0.1, 0.15) is 0 Å². The van der Waals surface area contributed by atoms with Gasteiger partial charge in [-0.3, -0.25) is 0 Å². The maximum atomic E-state index is 9.37. The molecule has 1 nitrogen and oxygen atoms in total. The fourth-order valence-corrected chi connectivity index (χ4v) is 3.14. The molecule has 2 aromatic rings. The van der Waals surface area contributed by atoms with Crippen molar-refractivity contribution in [2.45, 2.75) is 18.8 Å². The van der Waals surface area contributed by atoms with Gasteiger partial charge in [-0.1, -0.05) is 58.5 Å². The van der Waals surface area contributed by atoms with Crippen molar-refractivity contribution < 1.29 is 0 Å². The second-order valence-corrected chi connectivity index (χ2v) is 6.31. The Balaban J connectivity index is 2.15. The highest BCUT2D eigenvalue weighted by Gasteiger charge is 2.15. The van der Waals surface area contributed by atoms with Crippen molar-refractivity contribution in [3.05, 3.63) is 67.6 Å². The van der Waals surface area contributed by atoms with Crippen molar-refractivity contribution in [2.24, 2.45) is 0 Å². The Hall–Kier alpha value is -0.910. The minimum Gasteiger partial charge on any atom is -0.198 e. The molecular weight excluding hydrogens is 348 g/mol. The summed E-state index contributed by atoms with van der Waals surface area (Å²) in [6, 6.07) is 12.8. The van der Waals surface area contributed by atoms with Gasteiger partial charge in [0.15, 0.2) is 0 Å². The van der Waals surface area contributed by atoms with E-state index in [1.165, 1.54) is 0 Å². The van der Waals surface area contributed by atoms with E-state index in [2.05, 4.69) is 6.07 Å². The third-order valence-electron chi connectivity index (χ3n) is 3.21. The van der Waals surface area contributed by atoms with Crippen LogP contribution in [0.2, 0.25) is 20.1 Å². The summed E-state index contributed by atoms with van der Waals surface area (Å²) < 4.78 is 0. The van der Waals surface area contributed by atoms with Crippen LogP contribution in [0.25, 0.3) is 0 Å². The van der Waals surface area contributed by atoms with Crippen LogP contribution in [0.5, 0.6) is 0 Å². The summed E-state index contributed by atoms with van der Waals surface area (Å²) in [5.74, 6) is -0.304. The van der Waals surface area contributed by atoms with Gasteiger partial charge in [0.05, 0.1) is 12.0 Å². The van der Waals surface area contributed by atoms with E-state index in [4.69, 9.17) is 46.4 Å². The molecule has 2 rings (SSSR count). The molecule has 0 unspecified atom stereocenters. The summed E-state index contributed by atoms with van der Waals surface area (Å²) in [7, 11) is 0. The zero-order valence-electron chi connectivity index (χ0n) is 10.9. The summed E-state index contributed by atoms with van der Waals surface area (Å²) in [4.78, 5) is 0. The van der Waals surface area contributed by atoms with Crippen molar-refractivity contribution in [1.82, 2.24) is 0 Å². The number of halogens is 4. The maximum Gasteiger partial charge on any atom is 0.0730 e. The molecule has 21 heavy (non-hydrogen) atoms. The van der Waals surface area contributed by atoms with Crippen molar-refractivity contribution >= 4 is 46.4 Å². The van der Waals surface area contributed by atoms with Crippen LogP contribution >= 0.6 is 46.4 Å². The van der Waals surface area contributed by atoms with E-state index < -0.39 is 0 Å². The van der Waals surface area contributed by atoms with Crippen LogP contribution in [0.4, 0.5) is 0 Å². The van der Waals surface area contributed by atoms with Crippen LogP contribution in [-0.2, 0) is 6.42 Å². The minimum absolute atomic E-state index is 0.304. The Bertz CT molecular complexity index is 691. The SMILES string of the molecule is N#C[C@@H](CCc1ccc(Cl)cc1Cl)c1ccc(Cl)cc1Cl. The van der Waals surface area contributed by atoms with E-state index in [0.717, 1.165) is 11.1 Å². The highest BCUT2D eigenvalue weighted by molar-refractivity contribution is 6.35. The smallest absolute Gasteiger partial charge is 0.0730 e. The first-order valence-electron chi connectivity index (χ1n) is 6.29. The molecule has 0 saturated heterocycles. The second kappa shape index (κ2) is 7.38. The summed E-state index contributed by atoms with van der Waals surface area (Å²) in [6.45, 7) is 0. The summed E-state index contributed by atoms with van der Waals surface area (Å²) in [6.07, 6.45) is 1.30. The van der Waals surface area contributed by atoms with Gasteiger partial charge in [0.2, 0.25) is 0 Å². The molecule has 0 N–H and O–H groups in total. The van der Waals surface area contributed by atoms with E-state index in [0.29, 0.717) is 32.9 Å². The molecule has 1 atom stereocenters. The summed E-state index contributed by atoms with van der Waals surface area (Å²) in [5, 5.41) is 11.6. The van der Waals surface area contributed by atoms with Gasteiger partial charge in [-0.2, -0.15) is 5.26 Å². The predicted octanol–water partition coefficient (Wildman–Crippen LogP) is 6.54. The van der Waals surface area contributed by atoms with Crippen LogP contribution in [0, 0.1) is 11.3 Å². The van der Waals surface area contributed by atoms with Crippen molar-refractivity contribution in [1.29, 1.82) is 5.26 Å². The van der Waals surface area contributed by atoms with Gasteiger partial charge >= 0.3 is 0 Å². The average molecular weight is 359 g/mol. The molecule has 0 aliphatic carbocycles. The normalized spacial score (nSPS) is 12.0. The van der Waals surface area contributed by atoms with Crippen LogP contribution in [0.3, 0.4) is 0 Å². The molecule has 5 heteroatoms. The van der Waals surface area contributed by atoms with Crippen molar-refractivity contribution in [3.8, 4) is 6.07 Å². The van der Waals surface area contributed by atoms with Crippen molar-refractivity contribution in [3.63, 3.8) is 0 Å². The molecule has 2 aromatic carbocycles. The minimum atomic E-state index is -0.304. The van der Waals surface area contributed by atoms with E-state index in [-0.39, 0.29) is 5.92 Å². The zero-order chi connectivity index (χ0) is 15.4. The van der Waals surface area contributed by atoms with Gasteiger partial charge in [-0.25, -0.2) is 0 Å². The quantitative estimate of drug-likeness (QED) is 0.608. The topological polar surface area (TPSA) is 23.8 Å². The van der Waals surface area contributed by atoms with Gasteiger partial charge in [-0.05, 0) is 48.2 Å². The Morgan fingerprint density at radius 2 is 1.52 bits per heavy atom. The Morgan fingerprint density at radius 3 is 2.10 bits per heavy atom. The lowest BCUT2D eigenvalue weighted by Crippen LogP contribution is -2.00. The molecule has 108 valence electrons. The van der Waals surface area contributed by atoms with Crippen LogP contribution < -0.4 is 0 Å². The van der Waals surface area contributed by atoms with Gasteiger partial charge in [0.25, 0.3) is 0 Å². The third-order valence-corrected chi connectivity index (χ3v) is 4.36. The summed E-state index contributed by atoms with van der Waals surface area (Å²) >= 11 is 24.0. The van der Waals surface area contributed by atoms with Crippen LogP contribution in [-0.4, -0.2) is 0 Å². The lowest BCUT2D eigenvalue weighted by molar-refractivity contribution is 0.746. The largest absolute Gasteiger partial charge is 0.198 e. The first-order chi connectivity index (χ1) is 10.0. The van der Waals surface area contributed by atoms with Gasteiger partial charge in [0, 0.05) is 20.1 Å². The Labute approximate surface area is 144 Å². The second-order valence-electron chi connectivity index (χ2n) is 4.62. The van der Waals surface area contributed by atoms with Gasteiger partial charge in [-0.15, -0.1) is 0 Å². The first-order valence-corrected chi connectivity index (χ1v) is 7.81. The molecule has 0 spiro atoms. The van der Waals surface area contributed by atoms with E-state index in [1.54, 1.807) is 30.3 Å². The summed E-state index contributed by atoms with van der Waals surface area (Å²) in [5.41, 5.74) is 1.75. The Kier molecular flexibility index (Phi) is 5.79. The monoisotopic (exact) mass is 357 g/mol. The molecule has 0 aliphatic heterocycles. The molecule has 0 fully saturated rings. The molecule has 0 saturated carbocycles. The Morgan fingerprint density at radius 1 is 0.905 bits per heavy atom. The number of hydrogen-bond acceptors (Lipinski definition) is 1. The van der Waals surface area contributed by atoms with E-state index in [9.17, 15) is 5.26 Å². The van der Waals surface area contributed by atoms with Crippen LogP contribution in [0.1, 0.15) is 23.5 Å². The number of aryl methyl sites for hydroxylation is 1. The lowest BCUT2D eigenvalue weighted by Gasteiger charge is -2.12. The average Bonchev–Trinajstić information content (AvgIpc) is 2.43. The zero-order valence-corrected chi connectivity index (χ0v) is 13.9. The third kappa shape index (κ3) is 4.28. The molecule has 0 radical (unpaired) electrons. The lowest BCUT2D eigenvalue weighted by atomic mass is 9.93. The molecular formula is C16H11Cl4N. The van der Waals surface area contributed by atoms with Gasteiger partial charge < -0.3 is 0 Å². The molecule has 0 heterocycles. The number of benzene rings is 2. The van der Waals surface area contributed by atoms with Crippen LogP contribution in [0.15, 0.2) is 36.4 Å². The number of nitrogens with zero attached hydrogens (tertiary/aromatic N) is 1. The number of hydrogen-bond donors (Lipinski definition) is 0. The number of rotatable bonds is 4. The molecule has 0 amide bonds. The predicted molar refractivity (Wildman–Crippen MR) is 89.6 cm³/mol. The molecule has 0 bridgehead atoms. The molecule has 0 aliphatic rings. The van der Waals surface area contributed by atoms with E-state index >= 15 is 0 Å². The van der Waals surface area contributed by atoms with Crippen molar-refractivity contribution in [2.75, 3.05) is 0 Å². The fraction of sp³-hybridized carbons (Fsp3) is 0.188.